The third kappa shape index (κ3) is 16.1. The van der Waals surface area contributed by atoms with E-state index in [2.05, 4.69) is 261 Å². The van der Waals surface area contributed by atoms with E-state index >= 15 is 0 Å². The third-order valence-electron chi connectivity index (χ3n) is 22.1. The maximum Gasteiger partial charge on any atom is 0.569 e. The van der Waals surface area contributed by atoms with E-state index < -0.39 is 0 Å². The van der Waals surface area contributed by atoms with E-state index in [4.69, 9.17) is 71.1 Å². The molecule has 0 fully saturated rings. The summed E-state index contributed by atoms with van der Waals surface area (Å²) < 4.78 is 5.11. The number of nitrogens with zero attached hydrogens (tertiary/aromatic N) is 10. The highest BCUT2D eigenvalue weighted by Gasteiger charge is 2.21. The maximum atomic E-state index is 8.98. The van der Waals surface area contributed by atoms with Crippen LogP contribution in [-0.4, -0.2) is 62.5 Å². The van der Waals surface area contributed by atoms with Crippen molar-refractivity contribution in [1.29, 1.82) is 0 Å². The molecule has 0 aliphatic rings. The summed E-state index contributed by atoms with van der Waals surface area (Å²) >= 11 is 6.54. The molecule has 0 unspecified atom stereocenters. The fourth-order valence-electron chi connectivity index (χ4n) is 15.9. The van der Waals surface area contributed by atoms with Crippen molar-refractivity contribution < 1.29 is 9.68 Å². The van der Waals surface area contributed by atoms with Crippen LogP contribution in [0.3, 0.4) is 0 Å². The molecule has 6 heterocycles. The van der Waals surface area contributed by atoms with Crippen LogP contribution in [0.4, 0.5) is 0 Å². The molecule has 0 saturated heterocycles. The molecule has 22 aromatic rings. The van der Waals surface area contributed by atoms with Crippen molar-refractivity contribution >= 4 is 84.4 Å². The van der Waals surface area contributed by atoms with Crippen molar-refractivity contribution in [2.45, 2.75) is 0 Å². The Kier molecular flexibility index (Phi) is 21.4. The van der Waals surface area contributed by atoms with E-state index in [0.717, 1.165) is 155 Å². The van der Waals surface area contributed by atoms with E-state index in [9.17, 15) is 0 Å². The molecule has 124 heavy (non-hydrogen) atoms. The molecule has 14 heteroatoms. The minimum atomic E-state index is 0.467. The molecular formula is C110H71BClN10O2. The number of hydrogen-bond donors (Lipinski definition) is 1. The van der Waals surface area contributed by atoms with Gasteiger partial charge < -0.3 is 9.68 Å². The normalized spacial score (nSPS) is 11.1. The summed E-state index contributed by atoms with van der Waals surface area (Å²) in [5, 5.41) is 18.4. The Bertz CT molecular complexity index is 7670. The quantitative estimate of drug-likeness (QED) is 0.0589. The second-order valence-electron chi connectivity index (χ2n) is 29.9. The van der Waals surface area contributed by atoms with Gasteiger partial charge in [-0.1, -0.05) is 394 Å². The molecule has 1 radical (unpaired) electrons. The van der Waals surface area contributed by atoms with Crippen LogP contribution in [0.5, 0.6) is 5.75 Å². The predicted molar refractivity (Wildman–Crippen MR) is 507 cm³/mol. The van der Waals surface area contributed by atoms with Gasteiger partial charge in [-0.3, -0.25) is 0 Å². The molecule has 6 aromatic heterocycles. The van der Waals surface area contributed by atoms with Crippen molar-refractivity contribution in [1.82, 2.24) is 49.8 Å². The van der Waals surface area contributed by atoms with Crippen molar-refractivity contribution in [3.63, 3.8) is 0 Å². The number of rotatable bonds is 15. The van der Waals surface area contributed by atoms with E-state index in [1.807, 2.05) is 152 Å². The number of pyridine rings is 4. The smallest absolute Gasteiger partial charge is 0.537 e. The molecular weight excluding hydrogens is 1540 g/mol. The summed E-state index contributed by atoms with van der Waals surface area (Å²) in [6, 6.07) is 144. The van der Waals surface area contributed by atoms with Crippen LogP contribution < -0.4 is 4.65 Å². The van der Waals surface area contributed by atoms with E-state index in [0.29, 0.717) is 53.5 Å². The van der Waals surface area contributed by atoms with Gasteiger partial charge in [0, 0.05) is 71.6 Å². The Morgan fingerprint density at radius 2 is 0.508 bits per heavy atom. The lowest BCUT2D eigenvalue weighted by Crippen LogP contribution is -2.02. The molecule has 583 valence electrons. The molecule has 22 rings (SSSR count). The van der Waals surface area contributed by atoms with Crippen molar-refractivity contribution in [3.05, 3.63) is 430 Å². The van der Waals surface area contributed by atoms with Crippen LogP contribution in [0.1, 0.15) is 0 Å². The SMILES string of the molecule is Clc1cc(-c2cccc3ccccc23)c2ccc3ccc(-c4ccccc4)nc3c2n1.O[B]Oc1cccc(-c2nc(-c3ccccc3)nc(-c3ccc(-c4ccccc4)cc3)n2)c1.c1ccc(-c2ccc(-c3nc(-c4ccccc4)nc(-c4cccc(-c5cc(-c6cccc7ccccc67)c6ccc7ccc(-c8ccccc8)nc7c6n5)c4)n3)cc2)cc1. The van der Waals surface area contributed by atoms with Gasteiger partial charge in [-0.2, -0.15) is 0 Å². The highest BCUT2D eigenvalue weighted by molar-refractivity contribution is 6.31. The first-order chi connectivity index (χ1) is 61.3. The van der Waals surface area contributed by atoms with Crippen molar-refractivity contribution in [2.75, 3.05) is 0 Å². The molecule has 0 aliphatic carbocycles. The second-order valence-corrected chi connectivity index (χ2v) is 30.2. The predicted octanol–water partition coefficient (Wildman–Crippen LogP) is 27.2. The average molecular weight is 1610 g/mol. The number of benzene rings is 16. The average Bonchev–Trinajstić information content (AvgIpc) is 0.748. The fraction of sp³-hybridized carbons (Fsp3) is 0. The monoisotopic (exact) mass is 1610 g/mol. The molecule has 0 bridgehead atoms. The standard InChI is InChI=1S/C55H35N5.C28H17ClN2.C27H19BN3O2/c1-4-14-36(15-5-1)37-26-28-42(29-27-37)54-58-53(41-19-8-3-9-20-41)59-55(60-54)44-23-12-22-43(34-44)50-35-48(46-25-13-21-38-16-10-11-24-45(38)46)47-32-30-40-31-33-49(39-17-6-2-7-18-39)56-51(40)52(47)57-50;29-26-17-24(22-12-6-10-18-7-4-5-11-21(18)22)23-15-13-20-14-16-25(19-8-2-1-3-9-19)30-27(20)28(23)31-26;32-28-33-24-13-7-12-23(18-24)27-30-25(21-10-5-2-6-11-21)29-26(31-27)22-16-14-20(15-17-22)19-8-3-1-4-9-19/h1-35H;1-17H;1-18,32H. The lowest BCUT2D eigenvalue weighted by atomic mass is 9.93. The number of hydrogen-bond acceptors (Lipinski definition) is 12. The minimum absolute atomic E-state index is 0.467. The van der Waals surface area contributed by atoms with E-state index in [1.165, 1.54) is 21.5 Å². The highest BCUT2D eigenvalue weighted by atomic mass is 35.5. The first-order valence-electron chi connectivity index (χ1n) is 40.8. The van der Waals surface area contributed by atoms with Gasteiger partial charge in [-0.05, 0) is 109 Å². The number of aromatic nitrogens is 10. The Hall–Kier alpha value is -16.2. The first kappa shape index (κ1) is 76.5. The molecule has 0 spiro atoms. The maximum absolute atomic E-state index is 8.98. The van der Waals surface area contributed by atoms with Gasteiger partial charge in [-0.15, -0.1) is 0 Å². The molecule has 0 atom stereocenters. The van der Waals surface area contributed by atoms with Crippen LogP contribution >= 0.6 is 11.6 Å². The van der Waals surface area contributed by atoms with Gasteiger partial charge in [0.25, 0.3) is 0 Å². The first-order valence-corrected chi connectivity index (χ1v) is 41.2. The number of fused-ring (bicyclic) bond motifs is 8. The summed E-state index contributed by atoms with van der Waals surface area (Å²) in [6.45, 7) is 0. The zero-order valence-electron chi connectivity index (χ0n) is 66.7. The Balaban J connectivity index is 0.000000129. The zero-order chi connectivity index (χ0) is 83.1. The molecule has 0 saturated carbocycles. The van der Waals surface area contributed by atoms with E-state index in [1.54, 1.807) is 12.1 Å². The molecule has 1 N–H and O–H groups in total. The fourth-order valence-corrected chi connectivity index (χ4v) is 16.1. The zero-order valence-corrected chi connectivity index (χ0v) is 67.5. The molecule has 16 aromatic carbocycles. The Morgan fingerprint density at radius 1 is 0.194 bits per heavy atom. The lowest BCUT2D eigenvalue weighted by Gasteiger charge is -2.15. The Morgan fingerprint density at radius 3 is 0.960 bits per heavy atom. The van der Waals surface area contributed by atoms with Crippen LogP contribution in [0.2, 0.25) is 5.15 Å². The highest BCUT2D eigenvalue weighted by Crippen LogP contribution is 2.42. The number of halogens is 1. The van der Waals surface area contributed by atoms with Crippen molar-refractivity contribution in [3.8, 4) is 152 Å². The lowest BCUT2D eigenvalue weighted by molar-refractivity contribution is 0.454. The summed E-state index contributed by atoms with van der Waals surface area (Å²) in [6.07, 6.45) is 0. The van der Waals surface area contributed by atoms with Gasteiger partial charge >= 0.3 is 7.69 Å². The molecule has 0 amide bonds. The largest absolute Gasteiger partial charge is 0.569 e. The summed E-state index contributed by atoms with van der Waals surface area (Å²) in [4.78, 5) is 49.9. The van der Waals surface area contributed by atoms with Crippen molar-refractivity contribution in [2.24, 2.45) is 0 Å². The second kappa shape index (κ2) is 34.6. The summed E-state index contributed by atoms with van der Waals surface area (Å²) in [5.41, 5.74) is 23.4. The molecule has 0 aliphatic heterocycles. The van der Waals surface area contributed by atoms with Crippen LogP contribution in [0.25, 0.3) is 212 Å². The topological polar surface area (TPSA) is 158 Å². The third-order valence-corrected chi connectivity index (χ3v) is 22.3. The summed E-state index contributed by atoms with van der Waals surface area (Å²) in [7, 11) is 0.654. The van der Waals surface area contributed by atoms with Crippen LogP contribution in [0.15, 0.2) is 425 Å². The van der Waals surface area contributed by atoms with Gasteiger partial charge in [0.2, 0.25) is 0 Å². The van der Waals surface area contributed by atoms with Gasteiger partial charge in [-0.25, -0.2) is 49.8 Å². The van der Waals surface area contributed by atoms with Gasteiger partial charge in [0.05, 0.1) is 39.1 Å². The summed E-state index contributed by atoms with van der Waals surface area (Å²) in [5.74, 6) is 3.99. The van der Waals surface area contributed by atoms with E-state index in [-0.39, 0.29) is 0 Å². The Labute approximate surface area is 721 Å². The molecule has 12 nitrogen and oxygen atoms in total. The van der Waals surface area contributed by atoms with Gasteiger partial charge in [0.1, 0.15) is 10.9 Å². The van der Waals surface area contributed by atoms with Crippen LogP contribution in [0, 0.1) is 0 Å². The van der Waals surface area contributed by atoms with Crippen LogP contribution in [-0.2, 0) is 0 Å². The van der Waals surface area contributed by atoms with Gasteiger partial charge in [0.15, 0.2) is 34.9 Å². The minimum Gasteiger partial charge on any atom is -0.537 e.